The van der Waals surface area contributed by atoms with E-state index in [0.717, 1.165) is 30.3 Å². The number of anilines is 1. The fourth-order valence-electron chi connectivity index (χ4n) is 1.59. The Labute approximate surface area is 100.0 Å². The molecule has 6 heteroatoms. The van der Waals surface area contributed by atoms with Crippen LogP contribution in [0.3, 0.4) is 0 Å². The first-order chi connectivity index (χ1) is 8.20. The highest BCUT2D eigenvalue weighted by atomic mass is 16.5. The predicted octanol–water partition coefficient (Wildman–Crippen LogP) is 1.27. The highest BCUT2D eigenvalue weighted by Crippen LogP contribution is 2.08. The van der Waals surface area contributed by atoms with Crippen LogP contribution in [0, 0.1) is 6.92 Å². The molecule has 0 fully saturated rings. The summed E-state index contributed by atoms with van der Waals surface area (Å²) in [6, 6.07) is 4.13. The van der Waals surface area contributed by atoms with Crippen molar-refractivity contribution in [3.63, 3.8) is 0 Å². The van der Waals surface area contributed by atoms with Crippen molar-refractivity contribution < 1.29 is 4.74 Å². The summed E-state index contributed by atoms with van der Waals surface area (Å²) in [6.45, 7) is 4.72. The predicted molar refractivity (Wildman–Crippen MR) is 65.1 cm³/mol. The molecule has 2 heterocycles. The van der Waals surface area contributed by atoms with Crippen molar-refractivity contribution in [2.75, 3.05) is 19.0 Å². The lowest BCUT2D eigenvalue weighted by Crippen LogP contribution is -2.18. The third kappa shape index (κ3) is 2.71. The van der Waals surface area contributed by atoms with Crippen molar-refractivity contribution in [1.29, 1.82) is 0 Å². The van der Waals surface area contributed by atoms with Gasteiger partial charge in [-0.2, -0.15) is 4.52 Å². The molecular weight excluding hydrogens is 218 g/mol. The van der Waals surface area contributed by atoms with Crippen molar-refractivity contribution in [3.8, 4) is 0 Å². The van der Waals surface area contributed by atoms with Crippen LogP contribution in [0.5, 0.6) is 0 Å². The number of methoxy groups -OCH3 is 1. The maximum atomic E-state index is 5.04. The van der Waals surface area contributed by atoms with Crippen LogP contribution in [0.25, 0.3) is 5.65 Å². The second-order valence-electron chi connectivity index (χ2n) is 4.06. The number of ether oxygens (including phenoxy) is 1. The van der Waals surface area contributed by atoms with Crippen LogP contribution in [0.2, 0.25) is 0 Å². The smallest absolute Gasteiger partial charge is 0.178 e. The van der Waals surface area contributed by atoms with Crippen LogP contribution in [-0.4, -0.2) is 39.6 Å². The van der Waals surface area contributed by atoms with Gasteiger partial charge < -0.3 is 10.1 Å². The average molecular weight is 235 g/mol. The van der Waals surface area contributed by atoms with Gasteiger partial charge in [-0.15, -0.1) is 15.3 Å². The van der Waals surface area contributed by atoms with Crippen molar-refractivity contribution in [2.24, 2.45) is 0 Å². The average Bonchev–Trinajstić information content (AvgIpc) is 2.68. The summed E-state index contributed by atoms with van der Waals surface area (Å²) in [7, 11) is 1.71. The summed E-state index contributed by atoms with van der Waals surface area (Å²) in [5.74, 6) is 1.61. The van der Waals surface area contributed by atoms with Crippen molar-refractivity contribution in [3.05, 3.63) is 18.0 Å². The molecule has 0 spiro atoms. The summed E-state index contributed by atoms with van der Waals surface area (Å²) in [5.41, 5.74) is 0.762. The molecule has 1 unspecified atom stereocenters. The Morgan fingerprint density at radius 2 is 2.24 bits per heavy atom. The zero-order valence-electron chi connectivity index (χ0n) is 10.3. The third-order valence-electron chi connectivity index (χ3n) is 2.57. The van der Waals surface area contributed by atoms with Gasteiger partial charge in [-0.1, -0.05) is 0 Å². The van der Waals surface area contributed by atoms with Gasteiger partial charge in [0.15, 0.2) is 11.5 Å². The van der Waals surface area contributed by atoms with Gasteiger partial charge in [0, 0.05) is 19.8 Å². The van der Waals surface area contributed by atoms with E-state index in [4.69, 9.17) is 4.74 Å². The van der Waals surface area contributed by atoms with Crippen molar-refractivity contribution >= 4 is 11.5 Å². The molecule has 0 aliphatic heterocycles. The molecule has 17 heavy (non-hydrogen) atoms. The minimum atomic E-state index is 0.316. The van der Waals surface area contributed by atoms with E-state index in [1.165, 1.54) is 0 Å². The molecule has 0 amide bonds. The molecule has 2 aromatic rings. The van der Waals surface area contributed by atoms with E-state index in [-0.39, 0.29) is 0 Å². The van der Waals surface area contributed by atoms with Crippen LogP contribution in [0.1, 0.15) is 19.2 Å². The van der Waals surface area contributed by atoms with E-state index in [2.05, 4.69) is 27.5 Å². The highest BCUT2D eigenvalue weighted by molar-refractivity contribution is 5.44. The first-order valence-corrected chi connectivity index (χ1v) is 5.65. The molecule has 0 saturated carbocycles. The Balaban J connectivity index is 2.10. The molecule has 2 aromatic heterocycles. The first kappa shape index (κ1) is 11.8. The molecule has 2 rings (SSSR count). The lowest BCUT2D eigenvalue weighted by Gasteiger charge is -2.13. The molecule has 0 saturated heterocycles. The number of nitrogens with zero attached hydrogens (tertiary/aromatic N) is 4. The minimum Gasteiger partial charge on any atom is -0.385 e. The summed E-state index contributed by atoms with van der Waals surface area (Å²) < 4.78 is 6.77. The molecular formula is C11H17N5O. The first-order valence-electron chi connectivity index (χ1n) is 5.65. The van der Waals surface area contributed by atoms with Gasteiger partial charge in [0.2, 0.25) is 0 Å². The van der Waals surface area contributed by atoms with E-state index in [1.807, 2.05) is 19.1 Å². The normalized spacial score (nSPS) is 12.9. The van der Waals surface area contributed by atoms with Gasteiger partial charge in [-0.25, -0.2) is 0 Å². The molecule has 0 aromatic carbocycles. The molecule has 1 atom stereocenters. The van der Waals surface area contributed by atoms with Crippen LogP contribution >= 0.6 is 0 Å². The van der Waals surface area contributed by atoms with Crippen LogP contribution in [0.4, 0.5) is 5.82 Å². The maximum Gasteiger partial charge on any atom is 0.178 e. The molecule has 0 radical (unpaired) electrons. The second kappa shape index (κ2) is 5.09. The number of nitrogens with one attached hydrogen (secondary N) is 1. The van der Waals surface area contributed by atoms with Gasteiger partial charge in [0.05, 0.1) is 0 Å². The van der Waals surface area contributed by atoms with Crippen molar-refractivity contribution in [1.82, 2.24) is 19.8 Å². The fourth-order valence-corrected chi connectivity index (χ4v) is 1.59. The van der Waals surface area contributed by atoms with Crippen LogP contribution < -0.4 is 5.32 Å². The van der Waals surface area contributed by atoms with E-state index in [9.17, 15) is 0 Å². The van der Waals surface area contributed by atoms with E-state index < -0.39 is 0 Å². The van der Waals surface area contributed by atoms with Gasteiger partial charge in [0.1, 0.15) is 5.82 Å². The number of aromatic nitrogens is 4. The SMILES string of the molecule is COCCC(C)Nc1ccc2nnc(C)n2n1. The van der Waals surface area contributed by atoms with Crippen LogP contribution in [-0.2, 0) is 4.74 Å². The quantitative estimate of drug-likeness (QED) is 0.845. The summed E-state index contributed by atoms with van der Waals surface area (Å²) in [4.78, 5) is 0. The number of fused-ring (bicyclic) bond motifs is 1. The van der Waals surface area contributed by atoms with Gasteiger partial charge >= 0.3 is 0 Å². The second-order valence-corrected chi connectivity index (χ2v) is 4.06. The summed E-state index contributed by atoms with van der Waals surface area (Å²) in [6.07, 6.45) is 0.942. The molecule has 6 nitrogen and oxygen atoms in total. The van der Waals surface area contributed by atoms with Crippen molar-refractivity contribution in [2.45, 2.75) is 26.3 Å². The topological polar surface area (TPSA) is 64.3 Å². The van der Waals surface area contributed by atoms with Crippen LogP contribution in [0.15, 0.2) is 12.1 Å². The zero-order chi connectivity index (χ0) is 12.3. The number of hydrogen-bond acceptors (Lipinski definition) is 5. The van der Waals surface area contributed by atoms with E-state index in [0.29, 0.717) is 6.04 Å². The van der Waals surface area contributed by atoms with E-state index in [1.54, 1.807) is 11.6 Å². The fraction of sp³-hybridized carbons (Fsp3) is 0.545. The summed E-state index contributed by atoms with van der Waals surface area (Å²) in [5, 5.41) is 15.7. The molecule has 0 aliphatic carbocycles. The summed E-state index contributed by atoms with van der Waals surface area (Å²) >= 11 is 0. The minimum absolute atomic E-state index is 0.316. The largest absolute Gasteiger partial charge is 0.385 e. The monoisotopic (exact) mass is 235 g/mol. The lowest BCUT2D eigenvalue weighted by atomic mass is 10.2. The molecule has 92 valence electrons. The standard InChI is InChI=1S/C11H17N5O/c1-8(6-7-17-3)12-10-4-5-11-14-13-9(2)16(11)15-10/h4-5,8H,6-7H2,1-3H3,(H,12,15). The maximum absolute atomic E-state index is 5.04. The number of hydrogen-bond donors (Lipinski definition) is 1. The Morgan fingerprint density at radius 1 is 1.41 bits per heavy atom. The Bertz CT molecular complexity index is 496. The van der Waals surface area contributed by atoms with Gasteiger partial charge in [-0.3, -0.25) is 0 Å². The molecule has 0 bridgehead atoms. The third-order valence-corrected chi connectivity index (χ3v) is 2.57. The zero-order valence-corrected chi connectivity index (χ0v) is 10.3. The lowest BCUT2D eigenvalue weighted by molar-refractivity contribution is 0.191. The highest BCUT2D eigenvalue weighted by Gasteiger charge is 2.06. The van der Waals surface area contributed by atoms with Gasteiger partial charge in [-0.05, 0) is 32.4 Å². The Morgan fingerprint density at radius 3 is 3.00 bits per heavy atom. The number of rotatable bonds is 5. The van der Waals surface area contributed by atoms with E-state index >= 15 is 0 Å². The molecule has 1 N–H and O–H groups in total. The Kier molecular flexibility index (Phi) is 3.53. The Hall–Kier alpha value is -1.69. The number of aryl methyl sites for hydroxylation is 1. The van der Waals surface area contributed by atoms with Gasteiger partial charge in [0.25, 0.3) is 0 Å². The molecule has 0 aliphatic rings.